The first kappa shape index (κ1) is 19.6. The fourth-order valence-corrected chi connectivity index (χ4v) is 4.12. The highest BCUT2D eigenvalue weighted by Gasteiger charge is 2.32. The molecule has 8 heteroatoms. The van der Waals surface area contributed by atoms with Crippen molar-refractivity contribution >= 4 is 28.6 Å². The molecule has 4 rings (SSSR count). The third-order valence-corrected chi connectivity index (χ3v) is 6.26. The monoisotopic (exact) mass is 411 g/mol. The maximum absolute atomic E-state index is 11.9. The van der Waals surface area contributed by atoms with Crippen LogP contribution in [0.2, 0.25) is 0 Å². The van der Waals surface area contributed by atoms with Crippen LogP contribution in [0.4, 0.5) is 5.82 Å². The van der Waals surface area contributed by atoms with Gasteiger partial charge in [0.2, 0.25) is 5.91 Å². The topological polar surface area (TPSA) is 63.5 Å². The molecule has 0 aliphatic carbocycles. The van der Waals surface area contributed by atoms with Gasteiger partial charge in [0.1, 0.15) is 5.01 Å². The third kappa shape index (κ3) is 3.77. The second-order valence-corrected chi connectivity index (χ2v) is 8.22. The van der Waals surface area contributed by atoms with Gasteiger partial charge in [-0.25, -0.2) is 4.98 Å². The van der Waals surface area contributed by atoms with Crippen LogP contribution in [0.3, 0.4) is 0 Å². The van der Waals surface area contributed by atoms with Crippen molar-refractivity contribution in [2.24, 2.45) is 0 Å². The van der Waals surface area contributed by atoms with Crippen molar-refractivity contribution in [2.75, 3.05) is 31.7 Å². The Balaban J connectivity index is 1.59. The molecule has 2 aromatic heterocycles. The lowest BCUT2D eigenvalue weighted by Gasteiger charge is -2.31. The van der Waals surface area contributed by atoms with Gasteiger partial charge in [0.15, 0.2) is 5.82 Å². The molecule has 0 bridgehead atoms. The van der Waals surface area contributed by atoms with Crippen molar-refractivity contribution in [1.29, 1.82) is 0 Å². The first-order valence-electron chi connectivity index (χ1n) is 9.58. The van der Waals surface area contributed by atoms with E-state index < -0.39 is 0 Å². The molecule has 0 spiro atoms. The van der Waals surface area contributed by atoms with Gasteiger partial charge in [0, 0.05) is 61.0 Å². The second-order valence-electron chi connectivity index (χ2n) is 7.32. The third-order valence-electron chi connectivity index (χ3n) is 5.41. The van der Waals surface area contributed by atoms with E-state index in [1.165, 1.54) is 5.69 Å². The molecule has 152 valence electrons. The summed E-state index contributed by atoms with van der Waals surface area (Å²) in [4.78, 5) is 20.1. The normalized spacial score (nSPS) is 16.6. The number of carbonyl (C=O) groups excluding carboxylic acids is 1. The van der Waals surface area contributed by atoms with Crippen LogP contribution >= 0.6 is 11.3 Å². The molecule has 2 aliphatic rings. The Kier molecular flexibility index (Phi) is 5.38. The Morgan fingerprint density at radius 2 is 2.17 bits per heavy atom. The summed E-state index contributed by atoms with van der Waals surface area (Å²) < 4.78 is 7.47. The van der Waals surface area contributed by atoms with E-state index in [9.17, 15) is 4.79 Å². The summed E-state index contributed by atoms with van der Waals surface area (Å²) in [7, 11) is 1.95. The van der Waals surface area contributed by atoms with Crippen molar-refractivity contribution in [3.8, 4) is 0 Å². The van der Waals surface area contributed by atoms with Gasteiger partial charge in [0.25, 0.3) is 0 Å². The van der Waals surface area contributed by atoms with Gasteiger partial charge in [-0.05, 0) is 6.08 Å². The van der Waals surface area contributed by atoms with Gasteiger partial charge in [-0.15, -0.1) is 11.3 Å². The van der Waals surface area contributed by atoms with E-state index in [1.807, 2.05) is 34.4 Å². The summed E-state index contributed by atoms with van der Waals surface area (Å²) in [5.74, 6) is 0.926. The summed E-state index contributed by atoms with van der Waals surface area (Å²) in [5.41, 5.74) is 3.92. The fraction of sp³-hybridized carbons (Fsp3) is 0.381. The van der Waals surface area contributed by atoms with E-state index in [1.54, 1.807) is 24.5 Å². The Morgan fingerprint density at radius 3 is 2.79 bits per heavy atom. The van der Waals surface area contributed by atoms with Crippen molar-refractivity contribution in [1.82, 2.24) is 19.7 Å². The summed E-state index contributed by atoms with van der Waals surface area (Å²) in [5, 5.41) is 7.72. The molecule has 4 heterocycles. The average Bonchev–Trinajstić information content (AvgIpc) is 3.32. The number of hydrogen-bond donors (Lipinski definition) is 0. The second kappa shape index (κ2) is 7.96. The summed E-state index contributed by atoms with van der Waals surface area (Å²) in [6.07, 6.45) is 6.41. The minimum atomic E-state index is 0.0856. The maximum atomic E-state index is 11.9. The molecule has 0 radical (unpaired) electrons. The predicted molar refractivity (Wildman–Crippen MR) is 115 cm³/mol. The van der Waals surface area contributed by atoms with Crippen LogP contribution in [0.1, 0.15) is 29.2 Å². The summed E-state index contributed by atoms with van der Waals surface area (Å²) >= 11 is 1.55. The van der Waals surface area contributed by atoms with E-state index in [0.29, 0.717) is 19.8 Å². The standard InChI is InChI=1S/C21H25N5O2S/c1-14(21-22-8-10-29-21)5-6-15(2)24(4)20-18-11-25(16(3)27)9-7-19(18)26(23-20)17-12-28-13-17/h5-6,8,10,17H,1-2,7,9,11-13H2,3-4H3/b6-5-. The molecule has 0 saturated carbocycles. The molecule has 1 amide bonds. The quantitative estimate of drug-likeness (QED) is 0.684. The number of nitrogens with zero attached hydrogens (tertiary/aromatic N) is 5. The van der Waals surface area contributed by atoms with Crippen LogP contribution in [0, 0.1) is 0 Å². The number of anilines is 1. The zero-order chi connectivity index (χ0) is 20.5. The van der Waals surface area contributed by atoms with Crippen molar-refractivity contribution in [3.05, 3.63) is 58.8 Å². The van der Waals surface area contributed by atoms with E-state index in [4.69, 9.17) is 9.84 Å². The van der Waals surface area contributed by atoms with Crippen molar-refractivity contribution < 1.29 is 9.53 Å². The zero-order valence-corrected chi connectivity index (χ0v) is 17.6. The fourth-order valence-electron chi connectivity index (χ4n) is 3.53. The Morgan fingerprint density at radius 1 is 1.38 bits per heavy atom. The first-order chi connectivity index (χ1) is 14.0. The lowest BCUT2D eigenvalue weighted by Crippen LogP contribution is -2.37. The highest BCUT2D eigenvalue weighted by atomic mass is 32.1. The lowest BCUT2D eigenvalue weighted by atomic mass is 10.1. The van der Waals surface area contributed by atoms with Gasteiger partial charge >= 0.3 is 0 Å². The van der Waals surface area contributed by atoms with E-state index >= 15 is 0 Å². The van der Waals surface area contributed by atoms with Crippen molar-refractivity contribution in [3.63, 3.8) is 0 Å². The Labute approximate surface area is 174 Å². The van der Waals surface area contributed by atoms with Crippen molar-refractivity contribution in [2.45, 2.75) is 25.9 Å². The van der Waals surface area contributed by atoms with Gasteiger partial charge in [-0.1, -0.05) is 19.2 Å². The molecular weight excluding hydrogens is 386 g/mol. The molecule has 2 aromatic rings. The minimum Gasteiger partial charge on any atom is -0.377 e. The van der Waals surface area contributed by atoms with E-state index in [2.05, 4.69) is 22.8 Å². The van der Waals surface area contributed by atoms with Crippen LogP contribution < -0.4 is 4.90 Å². The van der Waals surface area contributed by atoms with Gasteiger partial charge in [-0.2, -0.15) is 5.10 Å². The molecule has 0 unspecified atom stereocenters. The summed E-state index contributed by atoms with van der Waals surface area (Å²) in [6, 6.07) is 0.267. The number of carbonyl (C=O) groups is 1. The van der Waals surface area contributed by atoms with Crippen LogP contribution in [0.15, 0.2) is 42.6 Å². The molecule has 2 aliphatic heterocycles. The van der Waals surface area contributed by atoms with Gasteiger partial charge < -0.3 is 14.5 Å². The SMILES string of the molecule is C=C(/C=C\C(=C)N(C)c1nn(C2COC2)c2c1CN(C(C)=O)CC2)c1nccs1. The molecule has 0 atom stereocenters. The zero-order valence-electron chi connectivity index (χ0n) is 16.8. The number of aromatic nitrogens is 3. The number of likely N-dealkylation sites (N-methyl/N-ethyl adjacent to an activating group) is 1. The predicted octanol–water partition coefficient (Wildman–Crippen LogP) is 3.04. The number of allylic oxidation sites excluding steroid dienone is 3. The maximum Gasteiger partial charge on any atom is 0.219 e. The lowest BCUT2D eigenvalue weighted by molar-refractivity contribution is -0.129. The Bertz CT molecular complexity index is 972. The molecule has 7 nitrogen and oxygen atoms in total. The van der Waals surface area contributed by atoms with Gasteiger partial charge in [0.05, 0.1) is 25.8 Å². The number of amides is 1. The van der Waals surface area contributed by atoms with Crippen LogP contribution in [-0.2, 0) is 22.5 Å². The molecule has 0 aromatic carbocycles. The van der Waals surface area contributed by atoms with E-state index in [0.717, 1.165) is 40.6 Å². The minimum absolute atomic E-state index is 0.0856. The number of thiazole rings is 1. The molecular formula is C21H25N5O2S. The van der Waals surface area contributed by atoms with E-state index in [-0.39, 0.29) is 11.9 Å². The highest BCUT2D eigenvalue weighted by molar-refractivity contribution is 7.10. The molecule has 29 heavy (non-hydrogen) atoms. The van der Waals surface area contributed by atoms with Gasteiger partial charge in [-0.3, -0.25) is 9.48 Å². The number of hydrogen-bond acceptors (Lipinski definition) is 6. The number of fused-ring (bicyclic) bond motifs is 1. The number of rotatable bonds is 6. The van der Waals surface area contributed by atoms with Crippen LogP contribution in [0.25, 0.3) is 5.57 Å². The smallest absolute Gasteiger partial charge is 0.219 e. The first-order valence-corrected chi connectivity index (χ1v) is 10.5. The largest absolute Gasteiger partial charge is 0.377 e. The molecule has 1 fully saturated rings. The van der Waals surface area contributed by atoms with Crippen LogP contribution in [0.5, 0.6) is 0 Å². The molecule has 0 N–H and O–H groups in total. The highest BCUT2D eigenvalue weighted by Crippen LogP contribution is 2.33. The number of ether oxygens (including phenoxy) is 1. The average molecular weight is 412 g/mol. The molecule has 1 saturated heterocycles. The van der Waals surface area contributed by atoms with Crippen LogP contribution in [-0.4, -0.2) is 52.4 Å². The summed E-state index contributed by atoms with van der Waals surface area (Å²) in [6.45, 7) is 12.5. The Hall–Kier alpha value is -2.71.